The number of aromatic nitrogens is 5. The average Bonchev–Trinajstić information content (AvgIpc) is 3.01. The first-order valence-electron chi connectivity index (χ1n) is 8.46. The first kappa shape index (κ1) is 16.2. The molecule has 0 radical (unpaired) electrons. The van der Waals surface area contributed by atoms with Gasteiger partial charge in [-0.25, -0.2) is 4.98 Å². The van der Waals surface area contributed by atoms with Crippen LogP contribution in [0.5, 0.6) is 0 Å². The van der Waals surface area contributed by atoms with E-state index in [4.69, 9.17) is 0 Å². The minimum atomic E-state index is -0.188. The Morgan fingerprint density at radius 1 is 0.962 bits per heavy atom. The number of nitrogens with zero attached hydrogens (tertiary/aromatic N) is 5. The molecule has 0 spiro atoms. The Morgan fingerprint density at radius 3 is 2.46 bits per heavy atom. The maximum absolute atomic E-state index is 12.8. The summed E-state index contributed by atoms with van der Waals surface area (Å²) in [5.74, 6) is 0. The molecule has 26 heavy (non-hydrogen) atoms. The summed E-state index contributed by atoms with van der Waals surface area (Å²) in [6.07, 6.45) is 1.56. The highest BCUT2D eigenvalue weighted by Gasteiger charge is 2.14. The highest BCUT2D eigenvalue weighted by atomic mass is 16.1. The van der Waals surface area contributed by atoms with Crippen LogP contribution in [0.2, 0.25) is 0 Å². The molecule has 0 aliphatic carbocycles. The summed E-state index contributed by atoms with van der Waals surface area (Å²) in [5, 5.41) is 8.25. The number of aryl methyl sites for hydroxylation is 3. The third kappa shape index (κ3) is 2.90. The van der Waals surface area contributed by atoms with Crippen molar-refractivity contribution in [3.8, 4) is 5.69 Å². The lowest BCUT2D eigenvalue weighted by Crippen LogP contribution is -2.21. The van der Waals surface area contributed by atoms with Crippen LogP contribution in [0.3, 0.4) is 0 Å². The fourth-order valence-corrected chi connectivity index (χ4v) is 3.21. The third-order valence-corrected chi connectivity index (χ3v) is 4.32. The third-order valence-electron chi connectivity index (χ3n) is 4.32. The molecule has 0 atom stereocenters. The van der Waals surface area contributed by atoms with Crippen LogP contribution in [-0.2, 0) is 6.54 Å². The van der Waals surface area contributed by atoms with Crippen molar-refractivity contribution in [1.29, 1.82) is 0 Å². The number of hydrogen-bond donors (Lipinski definition) is 0. The Morgan fingerprint density at radius 2 is 1.73 bits per heavy atom. The van der Waals surface area contributed by atoms with Gasteiger partial charge >= 0.3 is 0 Å². The molecule has 0 fully saturated rings. The van der Waals surface area contributed by atoms with Crippen molar-refractivity contribution in [2.45, 2.75) is 27.3 Å². The van der Waals surface area contributed by atoms with E-state index in [-0.39, 0.29) is 11.1 Å². The summed E-state index contributed by atoms with van der Waals surface area (Å²) in [6, 6.07) is 14.2. The molecule has 2 heterocycles. The molecule has 0 saturated carbocycles. The summed E-state index contributed by atoms with van der Waals surface area (Å²) in [7, 11) is 0. The van der Waals surface area contributed by atoms with Gasteiger partial charge in [0, 0.05) is 0 Å². The van der Waals surface area contributed by atoms with Gasteiger partial charge in [0.1, 0.15) is 6.33 Å². The van der Waals surface area contributed by atoms with Crippen molar-refractivity contribution in [2.75, 3.05) is 0 Å². The molecule has 0 unspecified atom stereocenters. The van der Waals surface area contributed by atoms with E-state index >= 15 is 0 Å². The van der Waals surface area contributed by atoms with Gasteiger partial charge in [-0.2, -0.15) is 4.68 Å². The van der Waals surface area contributed by atoms with Gasteiger partial charge in [-0.1, -0.05) is 41.1 Å². The van der Waals surface area contributed by atoms with Crippen LogP contribution in [0.1, 0.15) is 22.3 Å². The van der Waals surface area contributed by atoms with E-state index in [2.05, 4.69) is 27.4 Å². The summed E-state index contributed by atoms with van der Waals surface area (Å²) < 4.78 is 3.19. The zero-order valence-electron chi connectivity index (χ0n) is 15.0. The normalized spacial score (nSPS) is 11.2. The molecular weight excluding hydrogens is 326 g/mol. The first-order valence-corrected chi connectivity index (χ1v) is 8.46. The largest absolute Gasteiger partial charge is 0.293 e. The summed E-state index contributed by atoms with van der Waals surface area (Å²) in [6.45, 7) is 6.54. The van der Waals surface area contributed by atoms with Crippen LogP contribution < -0.4 is 5.56 Å². The van der Waals surface area contributed by atoms with E-state index < -0.39 is 0 Å². The highest BCUT2D eigenvalue weighted by molar-refractivity contribution is 5.70. The van der Waals surface area contributed by atoms with Crippen LogP contribution >= 0.6 is 0 Å². The predicted molar refractivity (Wildman–Crippen MR) is 101 cm³/mol. The summed E-state index contributed by atoms with van der Waals surface area (Å²) in [5.41, 5.74) is 5.87. The Kier molecular flexibility index (Phi) is 3.88. The van der Waals surface area contributed by atoms with Gasteiger partial charge in [-0.15, -0.1) is 5.10 Å². The maximum atomic E-state index is 12.8. The molecule has 4 aromatic rings. The maximum Gasteiger partial charge on any atom is 0.283 e. The fourth-order valence-electron chi connectivity index (χ4n) is 3.21. The number of rotatable bonds is 3. The molecule has 0 N–H and O–H groups in total. The van der Waals surface area contributed by atoms with Crippen LogP contribution in [0.25, 0.3) is 16.9 Å². The Bertz CT molecular complexity index is 1150. The van der Waals surface area contributed by atoms with Crippen molar-refractivity contribution in [1.82, 2.24) is 24.5 Å². The van der Waals surface area contributed by atoms with Crippen LogP contribution in [-0.4, -0.2) is 24.5 Å². The van der Waals surface area contributed by atoms with Crippen LogP contribution in [0.15, 0.2) is 53.6 Å². The first-order chi connectivity index (χ1) is 12.5. The van der Waals surface area contributed by atoms with Gasteiger partial charge < -0.3 is 0 Å². The molecule has 0 saturated heterocycles. The molecule has 6 nitrogen and oxygen atoms in total. The smallest absolute Gasteiger partial charge is 0.283 e. The monoisotopic (exact) mass is 345 g/mol. The molecule has 0 amide bonds. The number of benzene rings is 2. The van der Waals surface area contributed by atoms with Crippen molar-refractivity contribution >= 4 is 11.2 Å². The van der Waals surface area contributed by atoms with E-state index in [0.717, 1.165) is 27.9 Å². The second kappa shape index (κ2) is 6.22. The molecule has 0 aliphatic rings. The van der Waals surface area contributed by atoms with Gasteiger partial charge in [0.2, 0.25) is 0 Å². The van der Waals surface area contributed by atoms with E-state index in [1.165, 1.54) is 0 Å². The molecule has 4 rings (SSSR count). The topological polar surface area (TPSA) is 65.6 Å². The second-order valence-electron chi connectivity index (χ2n) is 6.69. The van der Waals surface area contributed by atoms with Gasteiger partial charge in [-0.05, 0) is 49.6 Å². The number of fused-ring (bicyclic) bond motifs is 1. The van der Waals surface area contributed by atoms with Gasteiger partial charge in [0.15, 0.2) is 11.2 Å². The van der Waals surface area contributed by atoms with E-state index in [9.17, 15) is 4.79 Å². The zero-order chi connectivity index (χ0) is 18.3. The fraction of sp³-hybridized carbons (Fsp3) is 0.200. The van der Waals surface area contributed by atoms with Crippen molar-refractivity contribution in [2.24, 2.45) is 0 Å². The molecule has 0 aliphatic heterocycles. The van der Waals surface area contributed by atoms with E-state index in [1.807, 2.05) is 51.1 Å². The van der Waals surface area contributed by atoms with Gasteiger partial charge in [0.05, 0.1) is 12.2 Å². The minimum Gasteiger partial charge on any atom is -0.293 e. The van der Waals surface area contributed by atoms with Gasteiger partial charge in [0.25, 0.3) is 5.56 Å². The molecule has 0 bridgehead atoms. The van der Waals surface area contributed by atoms with E-state index in [0.29, 0.717) is 12.2 Å². The summed E-state index contributed by atoms with van der Waals surface area (Å²) in [4.78, 5) is 17.3. The van der Waals surface area contributed by atoms with E-state index in [1.54, 1.807) is 15.6 Å². The lowest BCUT2D eigenvalue weighted by atomic mass is 10.1. The second-order valence-corrected chi connectivity index (χ2v) is 6.69. The summed E-state index contributed by atoms with van der Waals surface area (Å²) >= 11 is 0. The molecular formula is C20H19N5O. The van der Waals surface area contributed by atoms with Crippen LogP contribution in [0, 0.1) is 20.8 Å². The zero-order valence-corrected chi connectivity index (χ0v) is 15.0. The van der Waals surface area contributed by atoms with Crippen molar-refractivity contribution < 1.29 is 0 Å². The van der Waals surface area contributed by atoms with Crippen molar-refractivity contribution in [3.63, 3.8) is 0 Å². The lowest BCUT2D eigenvalue weighted by Gasteiger charge is -2.07. The van der Waals surface area contributed by atoms with Gasteiger partial charge in [-0.3, -0.25) is 9.36 Å². The molecule has 2 aromatic heterocycles. The Balaban J connectivity index is 1.79. The standard InChI is InChI=1S/C20H19N5O/c1-13-5-4-6-16(8-13)11-24-12-21-19-18(20(24)26)22-23-25(19)17-9-14(2)7-15(3)10-17/h4-10,12H,11H2,1-3H3. The Hall–Kier alpha value is -3.28. The van der Waals surface area contributed by atoms with Crippen molar-refractivity contribution in [3.05, 3.63) is 81.4 Å². The quantitative estimate of drug-likeness (QED) is 0.573. The molecule has 6 heteroatoms. The van der Waals surface area contributed by atoms with Crippen LogP contribution in [0.4, 0.5) is 0 Å². The predicted octanol–water partition coefficient (Wildman–Crippen LogP) is 2.95. The SMILES string of the molecule is Cc1cccc(Cn2cnc3c(nnn3-c3cc(C)cc(C)c3)c2=O)c1. The number of hydrogen-bond acceptors (Lipinski definition) is 4. The minimum absolute atomic E-state index is 0.188. The molecule has 130 valence electrons. The highest BCUT2D eigenvalue weighted by Crippen LogP contribution is 2.16. The Labute approximate surface area is 150 Å². The lowest BCUT2D eigenvalue weighted by molar-refractivity contribution is 0.744. The molecule has 2 aromatic carbocycles. The average molecular weight is 345 g/mol.